The number of para-hydroxylation sites is 1. The lowest BCUT2D eigenvalue weighted by molar-refractivity contribution is -0.118. The third-order valence-electron chi connectivity index (χ3n) is 5.41. The number of nitrogens with zero attached hydrogens (tertiary/aromatic N) is 4. The van der Waals surface area contributed by atoms with Crippen LogP contribution in [0.25, 0.3) is 10.9 Å². The number of aryl methyl sites for hydroxylation is 1. The summed E-state index contributed by atoms with van der Waals surface area (Å²) in [5.41, 5.74) is 5.88. The van der Waals surface area contributed by atoms with Gasteiger partial charge in [0.05, 0.1) is 24.8 Å². The van der Waals surface area contributed by atoms with Gasteiger partial charge in [-0.25, -0.2) is 4.79 Å². The van der Waals surface area contributed by atoms with Gasteiger partial charge in [0.15, 0.2) is 5.69 Å². The molecule has 1 amide bonds. The number of amides is 1. The fourth-order valence-corrected chi connectivity index (χ4v) is 3.66. The van der Waals surface area contributed by atoms with Gasteiger partial charge < -0.3 is 10.6 Å². The van der Waals surface area contributed by atoms with Gasteiger partial charge in [0.2, 0.25) is 11.3 Å². The van der Waals surface area contributed by atoms with Crippen LogP contribution in [0.3, 0.4) is 0 Å². The predicted octanol–water partition coefficient (Wildman–Crippen LogP) is 0.930. The highest BCUT2D eigenvalue weighted by Crippen LogP contribution is 2.17. The maximum Gasteiger partial charge on any atom is 0.330 e. The molecule has 0 aliphatic rings. The number of carbonyl (C=O) groups excluding carboxylic acids is 1. The molecule has 0 saturated heterocycles. The van der Waals surface area contributed by atoms with Crippen molar-refractivity contribution in [2.24, 2.45) is 0 Å². The summed E-state index contributed by atoms with van der Waals surface area (Å²) >= 11 is 0. The Bertz CT molecular complexity index is 1500. The summed E-state index contributed by atoms with van der Waals surface area (Å²) in [6, 6.07) is 16.1. The van der Waals surface area contributed by atoms with Gasteiger partial charge >= 0.3 is 5.69 Å². The van der Waals surface area contributed by atoms with Gasteiger partial charge in [-0.1, -0.05) is 42.5 Å². The molecule has 0 atom stereocenters. The van der Waals surface area contributed by atoms with E-state index in [4.69, 9.17) is 5.73 Å². The molecule has 0 saturated carbocycles. The molecule has 0 bridgehead atoms. The quantitative estimate of drug-likeness (QED) is 0.452. The van der Waals surface area contributed by atoms with Crippen molar-refractivity contribution in [3.05, 3.63) is 97.4 Å². The van der Waals surface area contributed by atoms with Crippen molar-refractivity contribution >= 4 is 28.3 Å². The van der Waals surface area contributed by atoms with Crippen LogP contribution < -0.4 is 27.3 Å². The van der Waals surface area contributed by atoms with Crippen LogP contribution in [-0.4, -0.2) is 32.3 Å². The molecule has 0 unspecified atom stereocenters. The summed E-state index contributed by atoms with van der Waals surface area (Å²) < 4.78 is 2.78. The van der Waals surface area contributed by atoms with E-state index >= 15 is 0 Å². The molecule has 0 radical (unpaired) electrons. The Labute approximate surface area is 187 Å². The molecule has 2 heterocycles. The minimum absolute atomic E-state index is 0.00689. The molecule has 2 aromatic carbocycles. The summed E-state index contributed by atoms with van der Waals surface area (Å²) in [5, 5.41) is 4.62. The Morgan fingerprint density at radius 3 is 2.52 bits per heavy atom. The van der Waals surface area contributed by atoms with Gasteiger partial charge in [-0.2, -0.15) is 5.10 Å². The number of nitrogens with one attached hydrogen (secondary N) is 1. The highest BCUT2D eigenvalue weighted by atomic mass is 16.2. The maximum atomic E-state index is 12.9. The summed E-state index contributed by atoms with van der Waals surface area (Å²) in [6.45, 7) is 0.329. The van der Waals surface area contributed by atoms with Crippen molar-refractivity contribution in [1.29, 1.82) is 0 Å². The molecule has 0 fully saturated rings. The minimum atomic E-state index is -0.746. The fourth-order valence-electron chi connectivity index (χ4n) is 3.66. The Morgan fingerprint density at radius 1 is 1.06 bits per heavy atom. The Kier molecular flexibility index (Phi) is 5.90. The molecule has 4 aromatic rings. The Hall–Kier alpha value is -4.47. The van der Waals surface area contributed by atoms with Gasteiger partial charge in [-0.15, -0.1) is 0 Å². The Balaban J connectivity index is 1.60. The largest absolute Gasteiger partial charge is 0.383 e. The van der Waals surface area contributed by atoms with Crippen LogP contribution >= 0.6 is 0 Å². The summed E-state index contributed by atoms with van der Waals surface area (Å²) in [4.78, 5) is 53.1. The molecule has 3 N–H and O–H groups in total. The first kappa shape index (κ1) is 21.8. The number of nitrogens with two attached hydrogens (primary N) is 1. The molecule has 0 spiro atoms. The number of hydrogen-bond donors (Lipinski definition) is 2. The normalized spacial score (nSPS) is 10.9. The zero-order valence-electron chi connectivity index (χ0n) is 17.9. The highest BCUT2D eigenvalue weighted by Gasteiger charge is 2.21. The fraction of sp³-hybridized carbons (Fsp3) is 0.174. The van der Waals surface area contributed by atoms with Crippen molar-refractivity contribution in [2.45, 2.75) is 19.5 Å². The molecule has 10 heteroatoms. The van der Waals surface area contributed by atoms with E-state index in [1.54, 1.807) is 28.9 Å². The molecule has 33 heavy (non-hydrogen) atoms. The molecule has 0 aliphatic heterocycles. The number of benzene rings is 2. The first-order chi connectivity index (χ1) is 15.9. The number of hydrogen-bond acceptors (Lipinski definition) is 6. The number of fused-ring (bicyclic) bond motifs is 1. The van der Waals surface area contributed by atoms with Gasteiger partial charge in [0.25, 0.3) is 5.56 Å². The minimum Gasteiger partial charge on any atom is -0.383 e. The molecule has 0 aliphatic carbocycles. The molecular weight excluding hydrogens is 424 g/mol. The Morgan fingerprint density at radius 2 is 1.76 bits per heavy atom. The third-order valence-corrected chi connectivity index (χ3v) is 5.41. The number of aromatic amines is 1. The SMILES string of the molecule is CN(C(=O)CCn1ncc(=O)c2ccccc21)c1c(N)n(Cc2ccccc2)c(=O)[nH]c1=O. The highest BCUT2D eigenvalue weighted by molar-refractivity contribution is 5.95. The van der Waals surface area contributed by atoms with Gasteiger partial charge in [0.1, 0.15) is 5.82 Å². The summed E-state index contributed by atoms with van der Waals surface area (Å²) in [5.74, 6) is -0.503. The smallest absolute Gasteiger partial charge is 0.330 e. The second kappa shape index (κ2) is 8.95. The first-order valence-corrected chi connectivity index (χ1v) is 10.2. The zero-order chi connectivity index (χ0) is 23.5. The average molecular weight is 446 g/mol. The number of aromatic nitrogens is 4. The van der Waals surface area contributed by atoms with Crippen molar-refractivity contribution in [1.82, 2.24) is 19.3 Å². The van der Waals surface area contributed by atoms with Crippen molar-refractivity contribution in [3.63, 3.8) is 0 Å². The predicted molar refractivity (Wildman–Crippen MR) is 125 cm³/mol. The standard InChI is InChI=1S/C23H22N6O4/c1-27(19(31)11-12-29-17-10-6-5-9-16(17)18(30)13-25-29)20-21(24)28(23(33)26-22(20)32)14-15-7-3-2-4-8-15/h2-10,13H,11-12,14,24H2,1H3,(H,26,32,33). The van der Waals surface area contributed by atoms with Crippen LogP contribution in [0.15, 0.2) is 75.2 Å². The van der Waals surface area contributed by atoms with Gasteiger partial charge in [-0.3, -0.25) is 28.6 Å². The van der Waals surface area contributed by atoms with Gasteiger partial charge in [-0.05, 0) is 17.7 Å². The van der Waals surface area contributed by atoms with Gasteiger partial charge in [0, 0.05) is 18.9 Å². The monoisotopic (exact) mass is 446 g/mol. The lowest BCUT2D eigenvalue weighted by Gasteiger charge is -2.20. The second-order valence-electron chi connectivity index (χ2n) is 7.52. The number of anilines is 2. The van der Waals surface area contributed by atoms with Crippen LogP contribution in [0.2, 0.25) is 0 Å². The van der Waals surface area contributed by atoms with Crippen LogP contribution in [0.1, 0.15) is 12.0 Å². The average Bonchev–Trinajstić information content (AvgIpc) is 2.82. The van der Waals surface area contributed by atoms with E-state index in [9.17, 15) is 19.2 Å². The van der Waals surface area contributed by atoms with E-state index in [1.807, 2.05) is 30.3 Å². The molecule has 4 rings (SSSR count). The molecular formula is C23H22N6O4. The third kappa shape index (κ3) is 4.31. The summed E-state index contributed by atoms with van der Waals surface area (Å²) in [7, 11) is 1.43. The lowest BCUT2D eigenvalue weighted by Crippen LogP contribution is -2.39. The molecule has 168 valence electrons. The number of carbonyl (C=O) groups is 1. The summed E-state index contributed by atoms with van der Waals surface area (Å²) in [6.07, 6.45) is 1.20. The van der Waals surface area contributed by atoms with Crippen molar-refractivity contribution in [3.8, 4) is 0 Å². The first-order valence-electron chi connectivity index (χ1n) is 10.2. The topological polar surface area (TPSA) is 136 Å². The van der Waals surface area contributed by atoms with Crippen molar-refractivity contribution in [2.75, 3.05) is 17.7 Å². The molecule has 2 aromatic heterocycles. The lowest BCUT2D eigenvalue weighted by atomic mass is 10.2. The van der Waals surface area contributed by atoms with Crippen molar-refractivity contribution < 1.29 is 4.79 Å². The second-order valence-corrected chi connectivity index (χ2v) is 7.52. The number of nitrogen functional groups attached to an aromatic ring is 1. The van der Waals surface area contributed by atoms with Crippen LogP contribution in [0.5, 0.6) is 0 Å². The van der Waals surface area contributed by atoms with E-state index in [0.717, 1.165) is 10.5 Å². The van der Waals surface area contributed by atoms with Crippen LogP contribution in [-0.2, 0) is 17.9 Å². The number of H-pyrrole nitrogens is 1. The van der Waals surface area contributed by atoms with Crippen LogP contribution in [0, 0.1) is 0 Å². The van der Waals surface area contributed by atoms with Crippen LogP contribution in [0.4, 0.5) is 11.5 Å². The van der Waals surface area contributed by atoms with E-state index < -0.39 is 17.2 Å². The maximum absolute atomic E-state index is 12.9. The number of rotatable bonds is 6. The molecule has 10 nitrogen and oxygen atoms in total. The van der Waals surface area contributed by atoms with E-state index in [-0.39, 0.29) is 36.4 Å². The van der Waals surface area contributed by atoms with E-state index in [0.29, 0.717) is 10.9 Å². The van der Waals surface area contributed by atoms with E-state index in [1.165, 1.54) is 17.8 Å². The van der Waals surface area contributed by atoms with E-state index in [2.05, 4.69) is 10.1 Å². The zero-order valence-corrected chi connectivity index (χ0v) is 17.9.